The van der Waals surface area contributed by atoms with Crippen molar-refractivity contribution in [3.63, 3.8) is 0 Å². The number of anilines is 1. The molecule has 2 aromatic carbocycles. The molecule has 1 amide bonds. The van der Waals surface area contributed by atoms with E-state index in [0.29, 0.717) is 52.0 Å². The summed E-state index contributed by atoms with van der Waals surface area (Å²) >= 11 is 12.3. The Balaban J connectivity index is 1.19. The molecule has 2 aliphatic heterocycles. The van der Waals surface area contributed by atoms with Gasteiger partial charge >= 0.3 is 0 Å². The monoisotopic (exact) mass is 588 g/mol. The average Bonchev–Trinajstić information content (AvgIpc) is 3.28. The quantitative estimate of drug-likeness (QED) is 0.307. The van der Waals surface area contributed by atoms with Gasteiger partial charge in [-0.25, -0.2) is 14.6 Å². The number of rotatable bonds is 4. The van der Waals surface area contributed by atoms with E-state index in [1.54, 1.807) is 41.1 Å². The molecular weight excluding hydrogens is 570 g/mol. The summed E-state index contributed by atoms with van der Waals surface area (Å²) in [5, 5.41) is 11.4. The van der Waals surface area contributed by atoms with Crippen molar-refractivity contribution < 1.29 is 9.18 Å². The van der Waals surface area contributed by atoms with Crippen LogP contribution >= 0.6 is 23.2 Å². The number of nitrogens with zero attached hydrogens (tertiary/aromatic N) is 6. The van der Waals surface area contributed by atoms with Gasteiger partial charge in [-0.15, -0.1) is 5.10 Å². The molecule has 3 aromatic heterocycles. The van der Waals surface area contributed by atoms with E-state index >= 15 is 4.39 Å². The fourth-order valence-corrected chi connectivity index (χ4v) is 6.38. The molecule has 13 heteroatoms. The number of halogens is 3. The second kappa shape index (κ2) is 8.82. The minimum atomic E-state index is -0.648. The number of hydrogen-bond acceptors (Lipinski definition) is 6. The van der Waals surface area contributed by atoms with Crippen LogP contribution in [0.25, 0.3) is 28.3 Å². The van der Waals surface area contributed by atoms with Gasteiger partial charge in [-0.2, -0.15) is 4.39 Å². The first-order valence-electron chi connectivity index (χ1n) is 13.0. The summed E-state index contributed by atoms with van der Waals surface area (Å²) in [6.45, 7) is 0. The lowest BCUT2D eigenvalue weighted by molar-refractivity contribution is -0.116. The number of aromatic nitrogens is 7. The van der Waals surface area contributed by atoms with Gasteiger partial charge in [0.05, 0.1) is 29.3 Å². The number of fused-ring (bicyclic) bond motifs is 4. The van der Waals surface area contributed by atoms with E-state index in [1.807, 2.05) is 6.07 Å². The number of aromatic amines is 1. The Bertz CT molecular complexity index is 1980. The fraction of sp³-hybridized carbons (Fsp3) is 0.214. The van der Waals surface area contributed by atoms with Crippen molar-refractivity contribution in [2.24, 2.45) is 5.92 Å². The summed E-state index contributed by atoms with van der Waals surface area (Å²) in [6, 6.07) is 11.6. The van der Waals surface area contributed by atoms with Crippen molar-refractivity contribution in [1.29, 1.82) is 0 Å². The first kappa shape index (κ1) is 24.4. The normalized spacial score (nSPS) is 20.4. The SMILES string of the molecule is O=C1CCc2cc(-c3nc(F)c(C4[C@@H]5CC5c5nc(-c6cc(Cl)ccc6-n6cc(Cl)nn6)cc(=O)n54)[nH]3)ccc2N1. The van der Waals surface area contributed by atoms with Crippen molar-refractivity contribution in [3.05, 3.63) is 92.2 Å². The number of benzene rings is 2. The standard InChI is InChI=1S/C28H19Cl2FN8O2/c29-14-3-5-20(38-11-21(30)36-37-38)17(8-14)19-10-23(41)39-25(15-9-16(15)28(39)33-19)24-26(31)35-27(34-24)13-1-4-18-12(7-13)2-6-22(40)32-18/h1,3-5,7-8,10-11,15-16,25H,2,6,9H2,(H,32,40)(H,34,35)/t15-,16?,25?/m1/s1. The zero-order valence-corrected chi connectivity index (χ0v) is 22.6. The predicted molar refractivity (Wildman–Crippen MR) is 149 cm³/mol. The molecule has 204 valence electrons. The van der Waals surface area contributed by atoms with E-state index in [9.17, 15) is 9.59 Å². The highest BCUT2D eigenvalue weighted by molar-refractivity contribution is 6.31. The molecule has 1 saturated carbocycles. The zero-order valence-electron chi connectivity index (χ0n) is 21.1. The summed E-state index contributed by atoms with van der Waals surface area (Å²) in [5.74, 6) is 0.355. The number of imidazole rings is 1. The van der Waals surface area contributed by atoms with Gasteiger partial charge in [0.2, 0.25) is 11.9 Å². The molecule has 3 aliphatic rings. The van der Waals surface area contributed by atoms with Gasteiger partial charge in [-0.1, -0.05) is 28.4 Å². The van der Waals surface area contributed by atoms with Gasteiger partial charge < -0.3 is 10.3 Å². The molecule has 0 bridgehead atoms. The van der Waals surface area contributed by atoms with E-state index in [-0.39, 0.29) is 34.1 Å². The number of hydrogen-bond donors (Lipinski definition) is 2. The molecule has 10 nitrogen and oxygen atoms in total. The number of nitrogens with one attached hydrogen (secondary N) is 2. The molecule has 5 aromatic rings. The topological polar surface area (TPSA) is 123 Å². The van der Waals surface area contributed by atoms with Crippen molar-refractivity contribution in [2.45, 2.75) is 31.2 Å². The highest BCUT2D eigenvalue weighted by Crippen LogP contribution is 2.60. The maximum Gasteiger partial charge on any atom is 0.254 e. The van der Waals surface area contributed by atoms with Gasteiger partial charge in [0, 0.05) is 40.2 Å². The zero-order chi connectivity index (χ0) is 28.0. The lowest BCUT2D eigenvalue weighted by Crippen LogP contribution is -2.27. The van der Waals surface area contributed by atoms with E-state index in [4.69, 9.17) is 28.2 Å². The van der Waals surface area contributed by atoms with Crippen LogP contribution in [0.1, 0.15) is 41.9 Å². The maximum absolute atomic E-state index is 15.4. The molecule has 41 heavy (non-hydrogen) atoms. The van der Waals surface area contributed by atoms with Crippen LogP contribution in [0.2, 0.25) is 10.2 Å². The van der Waals surface area contributed by atoms with Crippen molar-refractivity contribution in [3.8, 4) is 28.3 Å². The third-order valence-corrected chi connectivity index (χ3v) is 8.44. The summed E-state index contributed by atoms with van der Waals surface area (Å²) < 4.78 is 18.5. The highest BCUT2D eigenvalue weighted by atomic mass is 35.5. The van der Waals surface area contributed by atoms with Gasteiger partial charge in [-0.3, -0.25) is 14.2 Å². The molecule has 8 rings (SSSR count). The van der Waals surface area contributed by atoms with Crippen molar-refractivity contribution in [2.75, 3.05) is 5.32 Å². The summed E-state index contributed by atoms with van der Waals surface area (Å²) in [4.78, 5) is 37.5. The Hall–Kier alpha value is -4.35. The van der Waals surface area contributed by atoms with Crippen LogP contribution in [0, 0.1) is 11.9 Å². The first-order valence-corrected chi connectivity index (χ1v) is 13.8. The van der Waals surface area contributed by atoms with Crippen LogP contribution in [0.15, 0.2) is 53.5 Å². The minimum Gasteiger partial charge on any atom is -0.338 e. The maximum atomic E-state index is 15.4. The van der Waals surface area contributed by atoms with Crippen LogP contribution < -0.4 is 10.9 Å². The van der Waals surface area contributed by atoms with Crippen LogP contribution in [0.3, 0.4) is 0 Å². The fourth-order valence-electron chi connectivity index (χ4n) is 6.09. The average molecular weight is 589 g/mol. The van der Waals surface area contributed by atoms with Crippen LogP contribution in [0.4, 0.5) is 10.1 Å². The Morgan fingerprint density at radius 1 is 1.02 bits per heavy atom. The number of amides is 1. The van der Waals surface area contributed by atoms with Crippen LogP contribution in [-0.2, 0) is 11.2 Å². The second-order valence-corrected chi connectivity index (χ2v) is 11.3. The number of carbonyl (C=O) groups is 1. The summed E-state index contributed by atoms with van der Waals surface area (Å²) in [6.07, 6.45) is 3.34. The number of aryl methyl sites for hydroxylation is 1. The molecule has 2 N–H and O–H groups in total. The highest BCUT2D eigenvalue weighted by Gasteiger charge is 2.56. The molecule has 5 heterocycles. The smallest absolute Gasteiger partial charge is 0.254 e. The van der Waals surface area contributed by atoms with Gasteiger partial charge in [-0.05, 0) is 60.7 Å². The molecule has 0 radical (unpaired) electrons. The van der Waals surface area contributed by atoms with Crippen LogP contribution in [-0.4, -0.2) is 40.4 Å². The first-order chi connectivity index (χ1) is 19.8. The summed E-state index contributed by atoms with van der Waals surface area (Å²) in [5.41, 5.74) is 4.03. The Labute approximate surface area is 241 Å². The molecule has 0 spiro atoms. The molecule has 1 aliphatic carbocycles. The van der Waals surface area contributed by atoms with Crippen LogP contribution in [0.5, 0.6) is 0 Å². The molecule has 0 saturated heterocycles. The lowest BCUT2D eigenvalue weighted by Gasteiger charge is -2.18. The molecule has 1 fully saturated rings. The lowest BCUT2D eigenvalue weighted by atomic mass is 10.0. The van der Waals surface area contributed by atoms with Gasteiger partial charge in [0.1, 0.15) is 11.6 Å². The third kappa shape index (κ3) is 3.91. The van der Waals surface area contributed by atoms with Gasteiger partial charge in [0.15, 0.2) is 5.15 Å². The molecule has 3 atom stereocenters. The Morgan fingerprint density at radius 2 is 1.90 bits per heavy atom. The second-order valence-electron chi connectivity index (χ2n) is 10.5. The van der Waals surface area contributed by atoms with Crippen molar-refractivity contribution >= 4 is 34.8 Å². The third-order valence-electron chi connectivity index (χ3n) is 8.04. The Morgan fingerprint density at radius 3 is 2.73 bits per heavy atom. The largest absolute Gasteiger partial charge is 0.338 e. The Kier molecular flexibility index (Phi) is 5.26. The summed E-state index contributed by atoms with van der Waals surface area (Å²) in [7, 11) is 0. The number of H-pyrrole nitrogens is 1. The van der Waals surface area contributed by atoms with E-state index in [0.717, 1.165) is 17.7 Å². The molecular formula is C28H19Cl2FN8O2. The minimum absolute atomic E-state index is 0.0212. The number of carbonyl (C=O) groups excluding carboxylic acids is 1. The van der Waals surface area contributed by atoms with E-state index in [2.05, 4.69) is 25.6 Å². The molecule has 2 unspecified atom stereocenters. The van der Waals surface area contributed by atoms with Gasteiger partial charge in [0.25, 0.3) is 5.56 Å². The van der Waals surface area contributed by atoms with Crippen molar-refractivity contribution in [1.82, 2.24) is 34.5 Å². The van der Waals surface area contributed by atoms with E-state index < -0.39 is 12.0 Å². The predicted octanol–water partition coefficient (Wildman–Crippen LogP) is 4.92. The van der Waals surface area contributed by atoms with E-state index in [1.165, 1.54) is 10.7 Å².